The van der Waals surface area contributed by atoms with E-state index in [1.807, 2.05) is 66.9 Å². The van der Waals surface area contributed by atoms with Gasteiger partial charge in [-0.15, -0.1) is 6.58 Å². The number of hydrogen-bond donors (Lipinski definition) is 1. The molecule has 3 rings (SSSR count). The van der Waals surface area contributed by atoms with Gasteiger partial charge in [0.15, 0.2) is 0 Å². The highest BCUT2D eigenvalue weighted by atomic mass is 35.5. The second-order valence-electron chi connectivity index (χ2n) is 6.87. The van der Waals surface area contributed by atoms with Crippen molar-refractivity contribution in [1.29, 1.82) is 0 Å². The predicted molar refractivity (Wildman–Crippen MR) is 120 cm³/mol. The fourth-order valence-corrected chi connectivity index (χ4v) is 3.51. The number of benzene rings is 2. The first-order valence-electron chi connectivity index (χ1n) is 9.74. The van der Waals surface area contributed by atoms with E-state index in [0.29, 0.717) is 19.6 Å². The monoisotopic (exact) mass is 407 g/mol. The number of amides is 2. The van der Waals surface area contributed by atoms with E-state index in [1.54, 1.807) is 11.0 Å². The first-order valence-corrected chi connectivity index (χ1v) is 10.1. The molecule has 0 unspecified atom stereocenters. The second-order valence-corrected chi connectivity index (χ2v) is 7.30. The number of carbonyl (C=O) groups excluding carboxylic acids is 1. The summed E-state index contributed by atoms with van der Waals surface area (Å²) >= 11 is 6.11. The number of hydrogen-bond acceptors (Lipinski definition) is 1. The molecule has 5 heteroatoms. The average molecular weight is 408 g/mol. The highest BCUT2D eigenvalue weighted by Gasteiger charge is 2.16. The van der Waals surface area contributed by atoms with Gasteiger partial charge in [-0.05, 0) is 47.9 Å². The van der Waals surface area contributed by atoms with Crippen molar-refractivity contribution in [3.63, 3.8) is 0 Å². The third-order valence-electron chi connectivity index (χ3n) is 4.79. The minimum Gasteiger partial charge on any atom is -0.345 e. The molecule has 0 aliphatic carbocycles. The van der Waals surface area contributed by atoms with Crippen LogP contribution in [0.3, 0.4) is 0 Å². The van der Waals surface area contributed by atoms with Crippen molar-refractivity contribution in [3.8, 4) is 0 Å². The zero-order valence-corrected chi connectivity index (χ0v) is 17.4. The standard InChI is InChI=1S/C24H26ClN3O/c1-3-14-28(24(29)26-23-13-6-5-10-20(23)4-2)18-22-12-8-15-27(22)17-19-9-7-11-21(25)16-19/h3,5-13,15-16H,1,4,14,17-18H2,2H3,(H,26,29). The minimum absolute atomic E-state index is 0.138. The maximum atomic E-state index is 13.0. The van der Waals surface area contributed by atoms with Crippen molar-refractivity contribution in [2.75, 3.05) is 11.9 Å². The van der Waals surface area contributed by atoms with Crippen LogP contribution in [-0.2, 0) is 19.5 Å². The molecule has 1 aromatic heterocycles. The summed E-state index contributed by atoms with van der Waals surface area (Å²) in [6.45, 7) is 7.53. The summed E-state index contributed by atoms with van der Waals surface area (Å²) in [5, 5.41) is 3.77. The van der Waals surface area contributed by atoms with E-state index in [2.05, 4.69) is 23.4 Å². The fraction of sp³-hybridized carbons (Fsp3) is 0.208. The Hall–Kier alpha value is -2.98. The minimum atomic E-state index is -0.138. The first-order chi connectivity index (χ1) is 14.1. The molecule has 0 radical (unpaired) electrons. The molecule has 0 atom stereocenters. The highest BCUT2D eigenvalue weighted by Crippen LogP contribution is 2.18. The van der Waals surface area contributed by atoms with E-state index in [4.69, 9.17) is 11.6 Å². The van der Waals surface area contributed by atoms with Crippen molar-refractivity contribution in [2.45, 2.75) is 26.4 Å². The second kappa shape index (κ2) is 9.99. The van der Waals surface area contributed by atoms with E-state index in [-0.39, 0.29) is 6.03 Å². The zero-order chi connectivity index (χ0) is 20.6. The zero-order valence-electron chi connectivity index (χ0n) is 16.6. The molecule has 0 fully saturated rings. The lowest BCUT2D eigenvalue weighted by Gasteiger charge is -2.23. The Balaban J connectivity index is 1.75. The highest BCUT2D eigenvalue weighted by molar-refractivity contribution is 6.30. The van der Waals surface area contributed by atoms with Crippen LogP contribution < -0.4 is 5.32 Å². The van der Waals surface area contributed by atoms with E-state index < -0.39 is 0 Å². The van der Waals surface area contributed by atoms with Crippen molar-refractivity contribution in [2.24, 2.45) is 0 Å². The predicted octanol–water partition coefficient (Wildman–Crippen LogP) is 5.97. The van der Waals surface area contributed by atoms with Crippen molar-refractivity contribution in [3.05, 3.63) is 101 Å². The SMILES string of the molecule is C=CCN(Cc1cccn1Cc1cccc(Cl)c1)C(=O)Nc1ccccc1CC. The summed E-state index contributed by atoms with van der Waals surface area (Å²) in [5.74, 6) is 0. The Kier molecular flexibility index (Phi) is 7.14. The van der Waals surface area contributed by atoms with E-state index >= 15 is 0 Å². The Labute approximate surface area is 177 Å². The van der Waals surface area contributed by atoms with Crippen molar-refractivity contribution in [1.82, 2.24) is 9.47 Å². The van der Waals surface area contributed by atoms with E-state index in [1.165, 1.54) is 0 Å². The largest absolute Gasteiger partial charge is 0.345 e. The van der Waals surface area contributed by atoms with Gasteiger partial charge < -0.3 is 14.8 Å². The normalized spacial score (nSPS) is 10.6. The maximum absolute atomic E-state index is 13.0. The third kappa shape index (κ3) is 5.52. The average Bonchev–Trinajstić information content (AvgIpc) is 3.14. The molecule has 2 aromatic carbocycles. The number of carbonyl (C=O) groups is 1. The lowest BCUT2D eigenvalue weighted by atomic mass is 10.1. The van der Waals surface area contributed by atoms with Crippen LogP contribution in [0.5, 0.6) is 0 Å². The molecule has 2 amide bonds. The van der Waals surface area contributed by atoms with Gasteiger partial charge in [0, 0.05) is 35.7 Å². The number of para-hydroxylation sites is 1. The number of rotatable bonds is 8. The van der Waals surface area contributed by atoms with Crippen LogP contribution in [-0.4, -0.2) is 22.0 Å². The number of nitrogens with zero attached hydrogens (tertiary/aromatic N) is 2. The molecule has 0 bridgehead atoms. The van der Waals surface area contributed by atoms with Crippen LogP contribution in [0, 0.1) is 0 Å². The molecule has 1 N–H and O–H groups in total. The number of nitrogens with one attached hydrogen (secondary N) is 1. The molecule has 1 heterocycles. The van der Waals surface area contributed by atoms with Gasteiger partial charge in [-0.25, -0.2) is 4.79 Å². The van der Waals surface area contributed by atoms with Crippen LogP contribution in [0.4, 0.5) is 10.5 Å². The van der Waals surface area contributed by atoms with Crippen LogP contribution >= 0.6 is 11.6 Å². The summed E-state index contributed by atoms with van der Waals surface area (Å²) in [5.41, 5.74) is 4.13. The summed E-state index contributed by atoms with van der Waals surface area (Å²) < 4.78 is 2.13. The molecular weight excluding hydrogens is 382 g/mol. The van der Waals surface area contributed by atoms with Crippen LogP contribution in [0.1, 0.15) is 23.7 Å². The van der Waals surface area contributed by atoms with Gasteiger partial charge in [0.2, 0.25) is 0 Å². The molecular formula is C24H26ClN3O. The smallest absolute Gasteiger partial charge is 0.322 e. The molecule has 29 heavy (non-hydrogen) atoms. The number of halogens is 1. The van der Waals surface area contributed by atoms with Gasteiger partial charge >= 0.3 is 6.03 Å². The van der Waals surface area contributed by atoms with E-state index in [0.717, 1.165) is 34.0 Å². The molecule has 0 saturated carbocycles. The van der Waals surface area contributed by atoms with Crippen LogP contribution in [0.25, 0.3) is 0 Å². The van der Waals surface area contributed by atoms with Gasteiger partial charge in [-0.3, -0.25) is 0 Å². The molecule has 0 saturated heterocycles. The van der Waals surface area contributed by atoms with Gasteiger partial charge in [0.1, 0.15) is 0 Å². The molecule has 0 aliphatic heterocycles. The Bertz CT molecular complexity index is 980. The topological polar surface area (TPSA) is 37.3 Å². The van der Waals surface area contributed by atoms with Crippen LogP contribution in [0.15, 0.2) is 79.5 Å². The number of urea groups is 1. The van der Waals surface area contributed by atoms with Crippen molar-refractivity contribution >= 4 is 23.3 Å². The van der Waals surface area contributed by atoms with Gasteiger partial charge in [0.25, 0.3) is 0 Å². The third-order valence-corrected chi connectivity index (χ3v) is 5.03. The summed E-state index contributed by atoms with van der Waals surface area (Å²) in [7, 11) is 0. The lowest BCUT2D eigenvalue weighted by molar-refractivity contribution is 0.214. The van der Waals surface area contributed by atoms with Gasteiger partial charge in [-0.1, -0.05) is 54.9 Å². The number of aryl methyl sites for hydroxylation is 1. The lowest BCUT2D eigenvalue weighted by Crippen LogP contribution is -2.35. The Morgan fingerprint density at radius 2 is 2.00 bits per heavy atom. The molecule has 3 aromatic rings. The Morgan fingerprint density at radius 3 is 2.76 bits per heavy atom. The Morgan fingerprint density at radius 1 is 1.17 bits per heavy atom. The van der Waals surface area contributed by atoms with E-state index in [9.17, 15) is 4.79 Å². The molecule has 0 aliphatic rings. The summed E-state index contributed by atoms with van der Waals surface area (Å²) in [6.07, 6.45) is 4.63. The summed E-state index contributed by atoms with van der Waals surface area (Å²) in [4.78, 5) is 14.7. The first kappa shape index (κ1) is 20.7. The quantitative estimate of drug-likeness (QED) is 0.459. The molecule has 4 nitrogen and oxygen atoms in total. The number of anilines is 1. The van der Waals surface area contributed by atoms with Gasteiger partial charge in [0.05, 0.1) is 6.54 Å². The van der Waals surface area contributed by atoms with Gasteiger partial charge in [-0.2, -0.15) is 0 Å². The van der Waals surface area contributed by atoms with Crippen LogP contribution in [0.2, 0.25) is 5.02 Å². The van der Waals surface area contributed by atoms with Crippen molar-refractivity contribution < 1.29 is 4.79 Å². The number of aromatic nitrogens is 1. The fourth-order valence-electron chi connectivity index (χ4n) is 3.29. The maximum Gasteiger partial charge on any atom is 0.322 e. The molecule has 0 spiro atoms. The molecule has 150 valence electrons. The summed E-state index contributed by atoms with van der Waals surface area (Å²) in [6, 6.07) is 19.6.